The van der Waals surface area contributed by atoms with Crippen LogP contribution in [0.3, 0.4) is 0 Å². The highest BCUT2D eigenvalue weighted by Gasteiger charge is 2.55. The molecule has 3 aliphatic rings. The van der Waals surface area contributed by atoms with E-state index in [0.717, 1.165) is 5.56 Å². The quantitative estimate of drug-likeness (QED) is 0.537. The van der Waals surface area contributed by atoms with Gasteiger partial charge in [0.05, 0.1) is 30.4 Å². The van der Waals surface area contributed by atoms with E-state index in [2.05, 4.69) is 11.2 Å². The van der Waals surface area contributed by atoms with Crippen LogP contribution in [-0.4, -0.2) is 53.8 Å². The van der Waals surface area contributed by atoms with Gasteiger partial charge in [-0.3, -0.25) is 14.4 Å². The lowest BCUT2D eigenvalue weighted by atomic mass is 9.81. The fraction of sp³-hybridized carbons (Fsp3) is 0.560. The normalized spacial score (nSPS) is 24.9. The van der Waals surface area contributed by atoms with Crippen LogP contribution in [0, 0.1) is 18.3 Å². The standard InChI is InChI=1S/C25H29F2N3O4/c1-2-18(14-21(28)31)29-22(32)20-4-3-13-30(20)23(33)24(11-12-24)16-5-7-19(8-6-16)34-15-17-9-10-25(17,26)27/h1,5-8,17-18,20H,3-4,9-15H2,(H2,28,31)(H,29,32)/t17?,18-,20+/m1/s1. The first-order valence-corrected chi connectivity index (χ1v) is 11.6. The molecule has 1 aliphatic heterocycles. The maximum atomic E-state index is 13.5. The molecule has 3 amide bonds. The van der Waals surface area contributed by atoms with Crippen molar-refractivity contribution >= 4 is 17.7 Å². The number of nitrogens with zero attached hydrogens (tertiary/aromatic N) is 1. The van der Waals surface area contributed by atoms with E-state index < -0.39 is 35.2 Å². The van der Waals surface area contributed by atoms with E-state index in [1.54, 1.807) is 29.2 Å². The van der Waals surface area contributed by atoms with E-state index in [1.807, 2.05) is 0 Å². The molecule has 3 atom stereocenters. The number of carbonyl (C=O) groups is 3. The molecule has 0 radical (unpaired) electrons. The molecule has 4 rings (SSSR count). The molecule has 3 fully saturated rings. The van der Waals surface area contributed by atoms with Crippen molar-refractivity contribution < 1.29 is 27.9 Å². The SMILES string of the molecule is C#C[C@H](CC(N)=O)NC(=O)[C@@H]1CCCN1C(=O)C1(c2ccc(OCC3CCC3(F)F)cc2)CC1. The number of rotatable bonds is 9. The first-order chi connectivity index (χ1) is 16.2. The molecule has 34 heavy (non-hydrogen) atoms. The van der Waals surface area contributed by atoms with Gasteiger partial charge in [0.15, 0.2) is 0 Å². The minimum Gasteiger partial charge on any atom is -0.493 e. The fourth-order valence-corrected chi connectivity index (χ4v) is 4.77. The zero-order valence-electron chi connectivity index (χ0n) is 18.9. The summed E-state index contributed by atoms with van der Waals surface area (Å²) in [6.07, 6.45) is 8.13. The summed E-state index contributed by atoms with van der Waals surface area (Å²) in [7, 11) is 0. The third-order valence-electron chi connectivity index (χ3n) is 7.18. The number of nitrogens with two attached hydrogens (primary N) is 1. The number of benzene rings is 1. The van der Waals surface area contributed by atoms with Gasteiger partial charge in [0.2, 0.25) is 17.7 Å². The van der Waals surface area contributed by atoms with Gasteiger partial charge in [-0.1, -0.05) is 18.1 Å². The Bertz CT molecular complexity index is 1000. The molecule has 7 nitrogen and oxygen atoms in total. The minimum absolute atomic E-state index is 0.0323. The topological polar surface area (TPSA) is 102 Å². The lowest BCUT2D eigenvalue weighted by molar-refractivity contribution is -0.143. The number of primary amides is 1. The van der Waals surface area contributed by atoms with Crippen LogP contribution in [0.5, 0.6) is 5.75 Å². The van der Waals surface area contributed by atoms with Crippen LogP contribution in [0.15, 0.2) is 24.3 Å². The Morgan fingerprint density at radius 2 is 1.91 bits per heavy atom. The van der Waals surface area contributed by atoms with Gasteiger partial charge in [0.25, 0.3) is 5.92 Å². The van der Waals surface area contributed by atoms with Gasteiger partial charge in [-0.05, 0) is 49.8 Å². The Kier molecular flexibility index (Phi) is 6.52. The average Bonchev–Trinajstić information content (AvgIpc) is 3.46. The molecule has 0 spiro atoms. The summed E-state index contributed by atoms with van der Waals surface area (Å²) in [4.78, 5) is 39.1. The highest BCUT2D eigenvalue weighted by atomic mass is 19.3. The molecule has 1 aromatic carbocycles. The van der Waals surface area contributed by atoms with Crippen molar-refractivity contribution in [2.24, 2.45) is 11.7 Å². The molecular weight excluding hydrogens is 444 g/mol. The van der Waals surface area contributed by atoms with Gasteiger partial charge in [-0.2, -0.15) is 0 Å². The van der Waals surface area contributed by atoms with Crippen molar-refractivity contribution in [3.63, 3.8) is 0 Å². The molecule has 0 bridgehead atoms. The van der Waals surface area contributed by atoms with Crippen LogP contribution in [-0.2, 0) is 19.8 Å². The molecule has 1 heterocycles. The van der Waals surface area contributed by atoms with Crippen LogP contribution in [0.2, 0.25) is 0 Å². The minimum atomic E-state index is -2.65. The molecule has 1 aromatic rings. The smallest absolute Gasteiger partial charge is 0.254 e. The van der Waals surface area contributed by atoms with Gasteiger partial charge in [-0.25, -0.2) is 8.78 Å². The molecule has 2 saturated carbocycles. The summed E-state index contributed by atoms with van der Waals surface area (Å²) in [5.74, 6) is -1.68. The number of alkyl halides is 2. The lowest BCUT2D eigenvalue weighted by Crippen LogP contribution is -2.51. The second-order valence-corrected chi connectivity index (χ2v) is 9.47. The summed E-state index contributed by atoms with van der Waals surface area (Å²) in [6.45, 7) is 0.432. The van der Waals surface area contributed by atoms with Crippen LogP contribution in [0.1, 0.15) is 50.5 Å². The number of halogens is 2. The monoisotopic (exact) mass is 473 g/mol. The summed E-state index contributed by atoms with van der Waals surface area (Å²) in [5.41, 5.74) is 5.30. The molecule has 1 saturated heterocycles. The Labute approximate surface area is 197 Å². The molecule has 9 heteroatoms. The highest BCUT2D eigenvalue weighted by Crippen LogP contribution is 2.51. The van der Waals surface area contributed by atoms with Gasteiger partial charge < -0.3 is 20.7 Å². The number of terminal acetylenes is 1. The summed E-state index contributed by atoms with van der Waals surface area (Å²) in [6, 6.07) is 5.53. The number of carbonyl (C=O) groups excluding carboxylic acids is 3. The number of likely N-dealkylation sites (tertiary alicyclic amines) is 1. The molecule has 0 aromatic heterocycles. The summed E-state index contributed by atoms with van der Waals surface area (Å²) < 4.78 is 32.4. The van der Waals surface area contributed by atoms with Crippen LogP contribution in [0.25, 0.3) is 0 Å². The van der Waals surface area contributed by atoms with Crippen molar-refractivity contribution in [1.29, 1.82) is 0 Å². The van der Waals surface area contributed by atoms with Crippen molar-refractivity contribution in [1.82, 2.24) is 10.2 Å². The largest absolute Gasteiger partial charge is 0.493 e. The maximum absolute atomic E-state index is 13.5. The van der Waals surface area contributed by atoms with Gasteiger partial charge in [-0.15, -0.1) is 6.42 Å². The third kappa shape index (κ3) is 4.72. The summed E-state index contributed by atoms with van der Waals surface area (Å²) >= 11 is 0. The zero-order chi connectivity index (χ0) is 24.5. The van der Waals surface area contributed by atoms with Gasteiger partial charge in [0.1, 0.15) is 11.8 Å². The van der Waals surface area contributed by atoms with E-state index >= 15 is 0 Å². The van der Waals surface area contributed by atoms with E-state index in [4.69, 9.17) is 16.9 Å². The van der Waals surface area contributed by atoms with E-state index in [1.165, 1.54) is 0 Å². The first kappa shape index (κ1) is 24.0. The molecule has 1 unspecified atom stereocenters. The second kappa shape index (κ2) is 9.24. The molecule has 3 N–H and O–H groups in total. The second-order valence-electron chi connectivity index (χ2n) is 9.47. The highest BCUT2D eigenvalue weighted by molar-refractivity contribution is 5.96. The fourth-order valence-electron chi connectivity index (χ4n) is 4.77. The van der Waals surface area contributed by atoms with E-state index in [-0.39, 0.29) is 31.3 Å². The van der Waals surface area contributed by atoms with Crippen molar-refractivity contribution in [3.05, 3.63) is 29.8 Å². The Morgan fingerprint density at radius 1 is 1.21 bits per heavy atom. The van der Waals surface area contributed by atoms with Gasteiger partial charge >= 0.3 is 0 Å². The predicted octanol–water partition coefficient (Wildman–Crippen LogP) is 2.13. The van der Waals surface area contributed by atoms with Crippen LogP contribution in [0.4, 0.5) is 8.78 Å². The van der Waals surface area contributed by atoms with E-state index in [0.29, 0.717) is 44.4 Å². The Hall–Kier alpha value is -3.15. The number of ether oxygens (including phenoxy) is 1. The average molecular weight is 474 g/mol. The van der Waals surface area contributed by atoms with Crippen molar-refractivity contribution in [2.75, 3.05) is 13.2 Å². The number of nitrogens with one attached hydrogen (secondary N) is 1. The molecular formula is C25H29F2N3O4. The summed E-state index contributed by atoms with van der Waals surface area (Å²) in [5, 5.41) is 2.64. The molecule has 182 valence electrons. The predicted molar refractivity (Wildman–Crippen MR) is 120 cm³/mol. The third-order valence-corrected chi connectivity index (χ3v) is 7.18. The van der Waals surface area contributed by atoms with Crippen LogP contribution < -0.4 is 15.8 Å². The van der Waals surface area contributed by atoms with Crippen molar-refractivity contribution in [2.45, 2.75) is 68.4 Å². The van der Waals surface area contributed by atoms with Crippen molar-refractivity contribution in [3.8, 4) is 18.1 Å². The first-order valence-electron chi connectivity index (χ1n) is 11.6. The Balaban J connectivity index is 1.39. The van der Waals surface area contributed by atoms with Crippen LogP contribution >= 0.6 is 0 Å². The Morgan fingerprint density at radius 3 is 2.44 bits per heavy atom. The number of hydrogen-bond acceptors (Lipinski definition) is 4. The maximum Gasteiger partial charge on any atom is 0.254 e. The van der Waals surface area contributed by atoms with E-state index in [9.17, 15) is 23.2 Å². The van der Waals surface area contributed by atoms with Gasteiger partial charge in [0, 0.05) is 13.0 Å². The zero-order valence-corrected chi connectivity index (χ0v) is 18.9. The number of hydrogen-bond donors (Lipinski definition) is 2. The number of amides is 3. The lowest BCUT2D eigenvalue weighted by Gasteiger charge is -2.35. The molecule has 2 aliphatic carbocycles.